The van der Waals surface area contributed by atoms with Gasteiger partial charge in [0.2, 0.25) is 0 Å². The summed E-state index contributed by atoms with van der Waals surface area (Å²) in [5.41, 5.74) is 2.31. The molecule has 0 saturated carbocycles. The van der Waals surface area contributed by atoms with Gasteiger partial charge in [-0.1, -0.05) is 29.8 Å². The van der Waals surface area contributed by atoms with Crippen molar-refractivity contribution in [3.8, 4) is 0 Å². The van der Waals surface area contributed by atoms with Crippen LogP contribution in [0.1, 0.15) is 25.0 Å². The fourth-order valence-electron chi connectivity index (χ4n) is 1.44. The highest BCUT2D eigenvalue weighted by atomic mass is 16.6. The van der Waals surface area contributed by atoms with Crippen molar-refractivity contribution in [3.05, 3.63) is 35.4 Å². The van der Waals surface area contributed by atoms with Crippen molar-refractivity contribution in [1.29, 1.82) is 0 Å². The molecule has 3 nitrogen and oxygen atoms in total. The van der Waals surface area contributed by atoms with Crippen LogP contribution in [0.25, 0.3) is 0 Å². The van der Waals surface area contributed by atoms with E-state index in [2.05, 4.69) is 6.07 Å². The topological polar surface area (TPSA) is 29.5 Å². The van der Waals surface area contributed by atoms with Gasteiger partial charge in [-0.2, -0.15) is 0 Å². The summed E-state index contributed by atoms with van der Waals surface area (Å²) < 4.78 is 5.10. The summed E-state index contributed by atoms with van der Waals surface area (Å²) in [6.07, 6.45) is -0.357. The summed E-state index contributed by atoms with van der Waals surface area (Å²) in [4.78, 5) is 13.1. The predicted molar refractivity (Wildman–Crippen MR) is 64.3 cm³/mol. The van der Waals surface area contributed by atoms with Crippen molar-refractivity contribution in [1.82, 2.24) is 4.90 Å². The first kappa shape index (κ1) is 12.6. The Kier molecular flexibility index (Phi) is 4.35. The molecule has 0 radical (unpaired) electrons. The van der Waals surface area contributed by atoms with Gasteiger partial charge >= 0.3 is 6.09 Å². The molecule has 3 heteroatoms. The molecule has 0 atom stereocenters. The minimum atomic E-state index is -0.281. The molecule has 0 unspecified atom stereocenters. The Morgan fingerprint density at radius 2 is 2.12 bits per heavy atom. The zero-order valence-electron chi connectivity index (χ0n) is 10.4. The van der Waals surface area contributed by atoms with Crippen LogP contribution in [0.3, 0.4) is 0 Å². The van der Waals surface area contributed by atoms with Gasteiger partial charge in [-0.15, -0.1) is 0 Å². The molecule has 1 aromatic carbocycles. The Bertz CT molecular complexity index is 361. The van der Waals surface area contributed by atoms with E-state index in [0.29, 0.717) is 6.54 Å². The highest BCUT2D eigenvalue weighted by Crippen LogP contribution is 2.07. The van der Waals surface area contributed by atoms with Gasteiger partial charge in [0, 0.05) is 13.6 Å². The van der Waals surface area contributed by atoms with Crippen molar-refractivity contribution in [2.45, 2.75) is 33.4 Å². The van der Waals surface area contributed by atoms with E-state index in [1.807, 2.05) is 39.0 Å². The van der Waals surface area contributed by atoms with Gasteiger partial charge in [0.05, 0.1) is 6.10 Å². The second-order valence-electron chi connectivity index (χ2n) is 4.28. The number of hydrogen-bond acceptors (Lipinski definition) is 2. The van der Waals surface area contributed by atoms with E-state index in [1.54, 1.807) is 11.9 Å². The smallest absolute Gasteiger partial charge is 0.410 e. The highest BCUT2D eigenvalue weighted by Gasteiger charge is 2.11. The van der Waals surface area contributed by atoms with Crippen LogP contribution in [0.4, 0.5) is 4.79 Å². The van der Waals surface area contributed by atoms with Gasteiger partial charge in [-0.3, -0.25) is 0 Å². The number of benzene rings is 1. The average molecular weight is 221 g/mol. The van der Waals surface area contributed by atoms with Gasteiger partial charge in [-0.25, -0.2) is 4.79 Å². The summed E-state index contributed by atoms with van der Waals surface area (Å²) in [5.74, 6) is 0. The second-order valence-corrected chi connectivity index (χ2v) is 4.28. The molecule has 0 saturated heterocycles. The van der Waals surface area contributed by atoms with Crippen molar-refractivity contribution in [2.75, 3.05) is 7.05 Å². The quantitative estimate of drug-likeness (QED) is 0.785. The minimum Gasteiger partial charge on any atom is -0.447 e. The molecule has 1 aromatic rings. The van der Waals surface area contributed by atoms with E-state index in [-0.39, 0.29) is 12.2 Å². The molecule has 0 bridgehead atoms. The molecular formula is C13H19NO2. The summed E-state index contributed by atoms with van der Waals surface area (Å²) in [6.45, 7) is 6.31. The molecule has 0 aliphatic heterocycles. The summed E-state index contributed by atoms with van der Waals surface area (Å²) in [5, 5.41) is 0. The van der Waals surface area contributed by atoms with Gasteiger partial charge in [0.15, 0.2) is 0 Å². The number of amides is 1. The van der Waals surface area contributed by atoms with Gasteiger partial charge in [0.1, 0.15) is 0 Å². The third-order valence-corrected chi connectivity index (χ3v) is 2.15. The zero-order chi connectivity index (χ0) is 12.1. The normalized spacial score (nSPS) is 10.3. The lowest BCUT2D eigenvalue weighted by Gasteiger charge is -2.18. The lowest BCUT2D eigenvalue weighted by Crippen LogP contribution is -2.29. The molecule has 16 heavy (non-hydrogen) atoms. The van der Waals surface area contributed by atoms with Crippen LogP contribution in [0.15, 0.2) is 24.3 Å². The van der Waals surface area contributed by atoms with E-state index in [1.165, 1.54) is 5.56 Å². The SMILES string of the molecule is Cc1cccc(CN(C)C(=O)OC(C)C)c1. The number of ether oxygens (including phenoxy) is 1. The molecule has 1 rings (SSSR count). The number of aryl methyl sites for hydroxylation is 1. The van der Waals surface area contributed by atoms with Crippen LogP contribution in [-0.2, 0) is 11.3 Å². The van der Waals surface area contributed by atoms with Crippen LogP contribution in [0.2, 0.25) is 0 Å². The lowest BCUT2D eigenvalue weighted by molar-refractivity contribution is 0.0822. The molecule has 0 N–H and O–H groups in total. The minimum absolute atomic E-state index is 0.0764. The maximum Gasteiger partial charge on any atom is 0.410 e. The number of carbonyl (C=O) groups is 1. The van der Waals surface area contributed by atoms with E-state index in [4.69, 9.17) is 4.74 Å². The lowest BCUT2D eigenvalue weighted by atomic mass is 10.1. The third-order valence-electron chi connectivity index (χ3n) is 2.15. The molecule has 0 spiro atoms. The monoisotopic (exact) mass is 221 g/mol. The number of hydrogen-bond donors (Lipinski definition) is 0. The van der Waals surface area contributed by atoms with E-state index < -0.39 is 0 Å². The molecular weight excluding hydrogens is 202 g/mol. The van der Waals surface area contributed by atoms with Gasteiger partial charge in [-0.05, 0) is 26.3 Å². The molecule has 0 heterocycles. The van der Waals surface area contributed by atoms with Crippen molar-refractivity contribution in [2.24, 2.45) is 0 Å². The van der Waals surface area contributed by atoms with E-state index >= 15 is 0 Å². The van der Waals surface area contributed by atoms with Crippen molar-refractivity contribution < 1.29 is 9.53 Å². The average Bonchev–Trinajstić information content (AvgIpc) is 2.16. The Balaban J connectivity index is 2.57. The Morgan fingerprint density at radius 1 is 1.44 bits per heavy atom. The Labute approximate surface area is 97.0 Å². The summed E-state index contributed by atoms with van der Waals surface area (Å²) in [7, 11) is 1.74. The highest BCUT2D eigenvalue weighted by molar-refractivity contribution is 5.67. The van der Waals surface area contributed by atoms with Gasteiger partial charge < -0.3 is 9.64 Å². The number of nitrogens with zero attached hydrogens (tertiary/aromatic N) is 1. The fraction of sp³-hybridized carbons (Fsp3) is 0.462. The van der Waals surface area contributed by atoms with E-state index in [0.717, 1.165) is 5.56 Å². The van der Waals surface area contributed by atoms with E-state index in [9.17, 15) is 4.79 Å². The molecule has 0 aliphatic rings. The molecule has 0 aliphatic carbocycles. The molecule has 0 aromatic heterocycles. The Morgan fingerprint density at radius 3 is 2.69 bits per heavy atom. The first-order valence-corrected chi connectivity index (χ1v) is 5.46. The van der Waals surface area contributed by atoms with Crippen LogP contribution >= 0.6 is 0 Å². The summed E-state index contributed by atoms with van der Waals surface area (Å²) >= 11 is 0. The van der Waals surface area contributed by atoms with Crippen LogP contribution in [0.5, 0.6) is 0 Å². The number of rotatable bonds is 3. The largest absolute Gasteiger partial charge is 0.447 e. The first-order valence-electron chi connectivity index (χ1n) is 5.46. The maximum absolute atomic E-state index is 11.5. The van der Waals surface area contributed by atoms with Crippen LogP contribution < -0.4 is 0 Å². The van der Waals surface area contributed by atoms with Gasteiger partial charge in [0.25, 0.3) is 0 Å². The fourth-order valence-corrected chi connectivity index (χ4v) is 1.44. The Hall–Kier alpha value is -1.51. The van der Waals surface area contributed by atoms with Crippen LogP contribution in [0, 0.1) is 6.92 Å². The number of carbonyl (C=O) groups excluding carboxylic acids is 1. The summed E-state index contributed by atoms with van der Waals surface area (Å²) in [6, 6.07) is 8.10. The maximum atomic E-state index is 11.5. The van der Waals surface area contributed by atoms with Crippen molar-refractivity contribution >= 4 is 6.09 Å². The van der Waals surface area contributed by atoms with Crippen LogP contribution in [-0.4, -0.2) is 24.1 Å². The molecule has 0 fully saturated rings. The van der Waals surface area contributed by atoms with Crippen molar-refractivity contribution in [3.63, 3.8) is 0 Å². The predicted octanol–water partition coefficient (Wildman–Crippen LogP) is 2.97. The zero-order valence-corrected chi connectivity index (χ0v) is 10.4. The standard InChI is InChI=1S/C13H19NO2/c1-10(2)16-13(15)14(4)9-12-7-5-6-11(3)8-12/h5-8,10H,9H2,1-4H3. The third kappa shape index (κ3) is 3.93. The molecule has 1 amide bonds. The molecule has 88 valence electrons. The first-order chi connectivity index (χ1) is 7.49. The second kappa shape index (κ2) is 5.54.